The van der Waals surface area contributed by atoms with Gasteiger partial charge in [0.25, 0.3) is 0 Å². The zero-order valence-electron chi connectivity index (χ0n) is 21.9. The maximum atomic E-state index is 15.1. The summed E-state index contributed by atoms with van der Waals surface area (Å²) >= 11 is 0. The molecule has 0 atom stereocenters. The molecule has 3 nitrogen and oxygen atoms in total. The number of rotatable bonds is 9. The minimum absolute atomic E-state index is 0.0587. The highest BCUT2D eigenvalue weighted by molar-refractivity contribution is 5.75. The first kappa shape index (κ1) is 28.2. The molecule has 206 valence electrons. The first-order valence-corrected chi connectivity index (χ1v) is 13.7. The molecule has 2 fully saturated rings. The van der Waals surface area contributed by atoms with Crippen LogP contribution >= 0.6 is 0 Å². The van der Waals surface area contributed by atoms with Crippen molar-refractivity contribution < 1.29 is 31.8 Å². The number of esters is 1. The zero-order valence-corrected chi connectivity index (χ0v) is 21.9. The molecular formula is C31H36F4O3. The number of carbonyl (C=O) groups is 1. The van der Waals surface area contributed by atoms with Crippen molar-refractivity contribution >= 4 is 5.97 Å². The van der Waals surface area contributed by atoms with Crippen molar-refractivity contribution in [3.8, 4) is 11.5 Å². The Labute approximate surface area is 222 Å². The second kappa shape index (κ2) is 12.8. The molecule has 0 saturated heterocycles. The van der Waals surface area contributed by atoms with Gasteiger partial charge < -0.3 is 9.47 Å². The molecule has 0 unspecified atom stereocenters. The van der Waals surface area contributed by atoms with Gasteiger partial charge in [0.05, 0.1) is 12.5 Å². The van der Waals surface area contributed by atoms with Crippen LogP contribution in [0.2, 0.25) is 0 Å². The van der Waals surface area contributed by atoms with Crippen LogP contribution in [0.3, 0.4) is 0 Å². The van der Waals surface area contributed by atoms with Gasteiger partial charge in [0.2, 0.25) is 11.6 Å². The molecule has 7 heteroatoms. The molecule has 4 rings (SSSR count). The third kappa shape index (κ3) is 6.41. The fourth-order valence-corrected chi connectivity index (χ4v) is 5.73. The third-order valence-electron chi connectivity index (χ3n) is 8.13. The van der Waals surface area contributed by atoms with E-state index >= 15 is 8.78 Å². The number of hydrogen-bond donors (Lipinski definition) is 0. The van der Waals surface area contributed by atoms with Gasteiger partial charge in [-0.2, -0.15) is 8.78 Å². The molecule has 0 aliphatic heterocycles. The highest BCUT2D eigenvalue weighted by Gasteiger charge is 2.32. The standard InChI is InChI=1S/C31H36F4O3/c1-3-4-5-18-37-25-16-17-26(30(35)29(25)34)38-31(36)22-12-10-21(11-13-22)24-15-14-23(27(32)28(24)33)20-8-6-19(2)7-9-20/h3,14-17,19-22H,1,4-13,18H2,2H3. The van der Waals surface area contributed by atoms with E-state index in [1.54, 1.807) is 18.2 Å². The van der Waals surface area contributed by atoms with Gasteiger partial charge in [0.15, 0.2) is 23.1 Å². The predicted molar refractivity (Wildman–Crippen MR) is 138 cm³/mol. The normalized spacial score (nSPS) is 23.6. The number of halogens is 4. The van der Waals surface area contributed by atoms with Crippen molar-refractivity contribution in [2.45, 2.75) is 83.0 Å². The van der Waals surface area contributed by atoms with Crippen molar-refractivity contribution in [1.82, 2.24) is 0 Å². The Kier molecular flexibility index (Phi) is 9.50. The van der Waals surface area contributed by atoms with E-state index in [0.717, 1.165) is 25.7 Å². The Bertz CT molecular complexity index is 1130. The lowest BCUT2D eigenvalue weighted by molar-refractivity contribution is -0.140. The van der Waals surface area contributed by atoms with Crippen LogP contribution in [0.4, 0.5) is 17.6 Å². The van der Waals surface area contributed by atoms with E-state index in [1.165, 1.54) is 12.1 Å². The number of unbranched alkanes of at least 4 members (excludes halogenated alkanes) is 1. The molecule has 2 aliphatic rings. The molecule has 0 radical (unpaired) electrons. The van der Waals surface area contributed by atoms with E-state index in [2.05, 4.69) is 13.5 Å². The van der Waals surface area contributed by atoms with Crippen LogP contribution in [-0.4, -0.2) is 12.6 Å². The van der Waals surface area contributed by atoms with E-state index in [4.69, 9.17) is 9.47 Å². The minimum Gasteiger partial charge on any atom is -0.490 e. The predicted octanol–water partition coefficient (Wildman–Crippen LogP) is 8.76. The Morgan fingerprint density at radius 3 is 1.92 bits per heavy atom. The van der Waals surface area contributed by atoms with Crippen molar-refractivity contribution in [1.29, 1.82) is 0 Å². The molecule has 2 aromatic carbocycles. The molecular weight excluding hydrogens is 496 g/mol. The van der Waals surface area contributed by atoms with E-state index in [0.29, 0.717) is 55.6 Å². The fraction of sp³-hybridized carbons (Fsp3) is 0.516. The maximum absolute atomic E-state index is 15.1. The van der Waals surface area contributed by atoms with Crippen LogP contribution < -0.4 is 9.47 Å². The summed E-state index contributed by atoms with van der Waals surface area (Å²) < 4.78 is 69.4. The molecule has 0 amide bonds. The van der Waals surface area contributed by atoms with Crippen molar-refractivity contribution in [2.24, 2.45) is 11.8 Å². The summed E-state index contributed by atoms with van der Waals surface area (Å²) in [5, 5.41) is 0. The van der Waals surface area contributed by atoms with Gasteiger partial charge in [0, 0.05) is 0 Å². The summed E-state index contributed by atoms with van der Waals surface area (Å²) in [4.78, 5) is 12.7. The number of carbonyl (C=O) groups excluding carboxylic acids is 1. The van der Waals surface area contributed by atoms with Crippen molar-refractivity contribution in [3.05, 3.63) is 71.3 Å². The average Bonchev–Trinajstić information content (AvgIpc) is 2.92. The number of allylic oxidation sites excluding steroid dienone is 1. The van der Waals surface area contributed by atoms with Gasteiger partial charge in [-0.3, -0.25) is 4.79 Å². The molecule has 0 aromatic heterocycles. The van der Waals surface area contributed by atoms with E-state index in [-0.39, 0.29) is 24.2 Å². The van der Waals surface area contributed by atoms with Gasteiger partial charge in [0.1, 0.15) is 0 Å². The molecule has 2 aromatic rings. The van der Waals surface area contributed by atoms with Gasteiger partial charge in [-0.05, 0) is 92.4 Å². The first-order valence-electron chi connectivity index (χ1n) is 13.7. The Morgan fingerprint density at radius 1 is 0.816 bits per heavy atom. The number of benzene rings is 2. The van der Waals surface area contributed by atoms with Gasteiger partial charge >= 0.3 is 5.97 Å². The molecule has 2 aliphatic carbocycles. The molecule has 0 bridgehead atoms. The smallest absolute Gasteiger partial charge is 0.314 e. The van der Waals surface area contributed by atoms with Crippen LogP contribution in [0.25, 0.3) is 0 Å². The first-order chi connectivity index (χ1) is 18.3. The van der Waals surface area contributed by atoms with E-state index in [1.807, 2.05) is 0 Å². The molecule has 2 saturated carbocycles. The van der Waals surface area contributed by atoms with Crippen molar-refractivity contribution in [2.75, 3.05) is 6.61 Å². The van der Waals surface area contributed by atoms with Gasteiger partial charge in [-0.15, -0.1) is 6.58 Å². The highest BCUT2D eigenvalue weighted by Crippen LogP contribution is 2.41. The monoisotopic (exact) mass is 532 g/mol. The van der Waals surface area contributed by atoms with E-state index < -0.39 is 40.9 Å². The minimum atomic E-state index is -1.28. The Hall–Kier alpha value is -2.83. The summed E-state index contributed by atoms with van der Waals surface area (Å²) in [5.74, 6) is -5.45. The summed E-state index contributed by atoms with van der Waals surface area (Å²) in [6.45, 7) is 5.99. The Morgan fingerprint density at radius 2 is 1.34 bits per heavy atom. The lowest BCUT2D eigenvalue weighted by Gasteiger charge is -2.29. The highest BCUT2D eigenvalue weighted by atomic mass is 19.2. The van der Waals surface area contributed by atoms with Crippen LogP contribution in [0.15, 0.2) is 36.9 Å². The summed E-state index contributed by atoms with van der Waals surface area (Å²) in [6, 6.07) is 5.85. The van der Waals surface area contributed by atoms with Gasteiger partial charge in [-0.1, -0.05) is 38.0 Å². The molecule has 0 N–H and O–H groups in total. The SMILES string of the molecule is C=CCCCOc1ccc(OC(=O)C2CCC(c3ccc(C4CCC(C)CC4)c(F)c3F)CC2)c(F)c1F. The lowest BCUT2D eigenvalue weighted by Crippen LogP contribution is -2.26. The van der Waals surface area contributed by atoms with Crippen LogP contribution in [0.5, 0.6) is 11.5 Å². The van der Waals surface area contributed by atoms with Gasteiger partial charge in [-0.25, -0.2) is 8.78 Å². The Balaban J connectivity index is 1.33. The lowest BCUT2D eigenvalue weighted by atomic mass is 9.76. The van der Waals surface area contributed by atoms with Crippen LogP contribution in [-0.2, 0) is 4.79 Å². The second-order valence-corrected chi connectivity index (χ2v) is 10.8. The zero-order chi connectivity index (χ0) is 27.2. The quantitative estimate of drug-likeness (QED) is 0.106. The maximum Gasteiger partial charge on any atom is 0.314 e. The third-order valence-corrected chi connectivity index (χ3v) is 8.13. The van der Waals surface area contributed by atoms with Crippen molar-refractivity contribution in [3.63, 3.8) is 0 Å². The molecule has 38 heavy (non-hydrogen) atoms. The molecule has 0 spiro atoms. The number of ether oxygens (including phenoxy) is 2. The van der Waals surface area contributed by atoms with E-state index in [9.17, 15) is 13.6 Å². The second-order valence-electron chi connectivity index (χ2n) is 10.8. The topological polar surface area (TPSA) is 35.5 Å². The molecule has 0 heterocycles. The summed E-state index contributed by atoms with van der Waals surface area (Å²) in [5.41, 5.74) is 0.817. The largest absolute Gasteiger partial charge is 0.490 e. The summed E-state index contributed by atoms with van der Waals surface area (Å²) in [7, 11) is 0. The van der Waals surface area contributed by atoms with Crippen LogP contribution in [0, 0.1) is 35.1 Å². The average molecular weight is 533 g/mol. The fourth-order valence-electron chi connectivity index (χ4n) is 5.73. The number of hydrogen-bond acceptors (Lipinski definition) is 3. The van der Waals surface area contributed by atoms with Crippen LogP contribution in [0.1, 0.15) is 94.1 Å². The summed E-state index contributed by atoms with van der Waals surface area (Å²) in [6.07, 6.45) is 8.55.